The third-order valence-corrected chi connectivity index (χ3v) is 4.92. The summed E-state index contributed by atoms with van der Waals surface area (Å²) in [5.41, 5.74) is 2.03. The van der Waals surface area contributed by atoms with Gasteiger partial charge in [0, 0.05) is 23.9 Å². The second-order valence-corrected chi connectivity index (χ2v) is 5.99. The molecule has 1 aromatic heterocycles. The van der Waals surface area contributed by atoms with Crippen molar-refractivity contribution in [2.24, 2.45) is 5.41 Å². The number of amides is 1. The van der Waals surface area contributed by atoms with Crippen LogP contribution >= 0.6 is 0 Å². The monoisotopic (exact) mass is 269 g/mol. The van der Waals surface area contributed by atoms with Gasteiger partial charge in [-0.3, -0.25) is 4.79 Å². The number of rotatable bonds is 1. The van der Waals surface area contributed by atoms with E-state index in [1.807, 2.05) is 11.1 Å². The number of aromatic nitrogens is 1. The Balaban J connectivity index is 1.67. The van der Waals surface area contributed by atoms with E-state index in [2.05, 4.69) is 34.6 Å². The van der Waals surface area contributed by atoms with E-state index in [0.29, 0.717) is 5.91 Å². The average Bonchev–Trinajstić information content (AvgIpc) is 3.06. The normalized spacial score (nSPS) is 22.0. The maximum absolute atomic E-state index is 12.8. The molecule has 1 amide bonds. The molecule has 4 rings (SSSR count). The lowest BCUT2D eigenvalue weighted by Crippen LogP contribution is -2.42. The number of aromatic amines is 1. The van der Waals surface area contributed by atoms with E-state index < -0.39 is 0 Å². The molecule has 2 fully saturated rings. The standard InChI is InChI=1S/C16H19N3O/c20-15-16(4-8-17-9-5-16)6-10-19(15)13-2-1-12-3-7-18-14(12)11-13/h1-3,7,11,17-18H,4-6,8-10H2. The summed E-state index contributed by atoms with van der Waals surface area (Å²) in [5, 5.41) is 4.55. The quantitative estimate of drug-likeness (QED) is 0.834. The maximum atomic E-state index is 12.8. The summed E-state index contributed by atoms with van der Waals surface area (Å²) >= 11 is 0. The first kappa shape index (κ1) is 12.0. The Morgan fingerprint density at radius 1 is 1.10 bits per heavy atom. The van der Waals surface area contributed by atoms with E-state index in [0.717, 1.165) is 50.1 Å². The molecule has 1 spiro atoms. The van der Waals surface area contributed by atoms with Gasteiger partial charge in [-0.2, -0.15) is 0 Å². The first-order valence-corrected chi connectivity index (χ1v) is 7.38. The van der Waals surface area contributed by atoms with E-state index in [1.165, 1.54) is 5.39 Å². The van der Waals surface area contributed by atoms with Crippen LogP contribution in [0.15, 0.2) is 30.5 Å². The van der Waals surface area contributed by atoms with Gasteiger partial charge in [0.1, 0.15) is 0 Å². The molecule has 1 aromatic carbocycles. The Labute approximate surface area is 118 Å². The molecular weight excluding hydrogens is 250 g/mol. The Morgan fingerprint density at radius 3 is 2.80 bits per heavy atom. The molecule has 4 nitrogen and oxygen atoms in total. The van der Waals surface area contributed by atoms with Crippen LogP contribution in [0.3, 0.4) is 0 Å². The predicted molar refractivity (Wildman–Crippen MR) is 79.8 cm³/mol. The molecular formula is C16H19N3O. The van der Waals surface area contributed by atoms with E-state index in [-0.39, 0.29) is 5.41 Å². The molecule has 0 saturated carbocycles. The lowest BCUT2D eigenvalue weighted by Gasteiger charge is -2.32. The molecule has 2 aliphatic heterocycles. The average molecular weight is 269 g/mol. The zero-order valence-electron chi connectivity index (χ0n) is 11.5. The molecule has 0 atom stereocenters. The van der Waals surface area contributed by atoms with Gasteiger partial charge in [-0.15, -0.1) is 0 Å². The number of anilines is 1. The largest absolute Gasteiger partial charge is 0.361 e. The molecule has 3 heterocycles. The zero-order chi connectivity index (χ0) is 13.6. The first-order chi connectivity index (χ1) is 9.78. The number of piperidine rings is 1. The Hall–Kier alpha value is -1.81. The lowest BCUT2D eigenvalue weighted by molar-refractivity contribution is -0.126. The summed E-state index contributed by atoms with van der Waals surface area (Å²) in [7, 11) is 0. The molecule has 0 aliphatic carbocycles. The number of nitrogens with zero attached hydrogens (tertiary/aromatic N) is 1. The second kappa shape index (κ2) is 4.35. The number of hydrogen-bond donors (Lipinski definition) is 2. The summed E-state index contributed by atoms with van der Waals surface area (Å²) in [6.45, 7) is 2.79. The predicted octanol–water partition coefficient (Wildman–Crippen LogP) is 2.27. The van der Waals surface area contributed by atoms with Crippen LogP contribution in [0.1, 0.15) is 19.3 Å². The fourth-order valence-corrected chi connectivity index (χ4v) is 3.64. The van der Waals surface area contributed by atoms with Crippen molar-refractivity contribution in [2.75, 3.05) is 24.5 Å². The number of hydrogen-bond acceptors (Lipinski definition) is 2. The molecule has 0 radical (unpaired) electrons. The van der Waals surface area contributed by atoms with Crippen LogP contribution in [0.25, 0.3) is 10.9 Å². The van der Waals surface area contributed by atoms with Crippen molar-refractivity contribution in [1.82, 2.24) is 10.3 Å². The van der Waals surface area contributed by atoms with E-state index in [9.17, 15) is 4.79 Å². The zero-order valence-corrected chi connectivity index (χ0v) is 11.5. The summed E-state index contributed by atoms with van der Waals surface area (Å²) in [6, 6.07) is 8.29. The van der Waals surface area contributed by atoms with Crippen molar-refractivity contribution in [1.29, 1.82) is 0 Å². The van der Waals surface area contributed by atoms with E-state index in [4.69, 9.17) is 0 Å². The second-order valence-electron chi connectivity index (χ2n) is 5.99. The molecule has 0 unspecified atom stereocenters. The summed E-state index contributed by atoms with van der Waals surface area (Å²) in [4.78, 5) is 18.0. The van der Waals surface area contributed by atoms with Crippen molar-refractivity contribution in [3.63, 3.8) is 0 Å². The van der Waals surface area contributed by atoms with Crippen molar-refractivity contribution < 1.29 is 4.79 Å². The number of carbonyl (C=O) groups is 1. The van der Waals surface area contributed by atoms with Gasteiger partial charge in [-0.1, -0.05) is 6.07 Å². The van der Waals surface area contributed by atoms with Crippen LogP contribution in [0.2, 0.25) is 0 Å². The highest BCUT2D eigenvalue weighted by Crippen LogP contribution is 2.41. The number of nitrogens with one attached hydrogen (secondary N) is 2. The number of benzene rings is 1. The number of carbonyl (C=O) groups excluding carboxylic acids is 1. The van der Waals surface area contributed by atoms with Gasteiger partial charge in [0.25, 0.3) is 0 Å². The third-order valence-electron chi connectivity index (χ3n) is 4.92. The van der Waals surface area contributed by atoms with Gasteiger partial charge < -0.3 is 15.2 Å². The van der Waals surface area contributed by atoms with Gasteiger partial charge in [0.2, 0.25) is 5.91 Å². The van der Waals surface area contributed by atoms with Crippen molar-refractivity contribution >= 4 is 22.5 Å². The molecule has 20 heavy (non-hydrogen) atoms. The highest BCUT2D eigenvalue weighted by Gasteiger charge is 2.47. The van der Waals surface area contributed by atoms with Crippen LogP contribution < -0.4 is 10.2 Å². The lowest BCUT2D eigenvalue weighted by atomic mass is 9.78. The third kappa shape index (κ3) is 1.68. The molecule has 104 valence electrons. The molecule has 2 aromatic rings. The molecule has 4 heteroatoms. The summed E-state index contributed by atoms with van der Waals surface area (Å²) < 4.78 is 0. The van der Waals surface area contributed by atoms with Crippen molar-refractivity contribution in [3.8, 4) is 0 Å². The van der Waals surface area contributed by atoms with E-state index in [1.54, 1.807) is 0 Å². The SMILES string of the molecule is O=C1N(c2ccc3cc[nH]c3c2)CCC12CCNCC2. The van der Waals surface area contributed by atoms with Crippen LogP contribution in [-0.2, 0) is 4.79 Å². The summed E-state index contributed by atoms with van der Waals surface area (Å²) in [5.74, 6) is 0.324. The van der Waals surface area contributed by atoms with E-state index >= 15 is 0 Å². The minimum Gasteiger partial charge on any atom is -0.361 e. The smallest absolute Gasteiger partial charge is 0.233 e. The fraction of sp³-hybridized carbons (Fsp3) is 0.438. The van der Waals surface area contributed by atoms with Crippen molar-refractivity contribution in [3.05, 3.63) is 30.5 Å². The van der Waals surface area contributed by atoms with Crippen LogP contribution in [0.4, 0.5) is 5.69 Å². The van der Waals surface area contributed by atoms with Gasteiger partial charge in [0.15, 0.2) is 0 Å². The van der Waals surface area contributed by atoms with Crippen LogP contribution in [0, 0.1) is 5.41 Å². The number of fused-ring (bicyclic) bond motifs is 1. The molecule has 2 saturated heterocycles. The van der Waals surface area contributed by atoms with Gasteiger partial charge >= 0.3 is 0 Å². The summed E-state index contributed by atoms with van der Waals surface area (Å²) in [6.07, 6.45) is 4.89. The Morgan fingerprint density at radius 2 is 1.95 bits per heavy atom. The molecule has 2 N–H and O–H groups in total. The highest BCUT2D eigenvalue weighted by molar-refractivity contribution is 6.01. The minimum atomic E-state index is -0.101. The van der Waals surface area contributed by atoms with Gasteiger partial charge in [-0.25, -0.2) is 0 Å². The minimum absolute atomic E-state index is 0.101. The van der Waals surface area contributed by atoms with Crippen LogP contribution in [0.5, 0.6) is 0 Å². The Bertz CT molecular complexity index is 655. The molecule has 0 bridgehead atoms. The maximum Gasteiger partial charge on any atom is 0.233 e. The fourth-order valence-electron chi connectivity index (χ4n) is 3.64. The van der Waals surface area contributed by atoms with Gasteiger partial charge in [0.05, 0.1) is 5.41 Å². The first-order valence-electron chi connectivity index (χ1n) is 7.38. The number of H-pyrrole nitrogens is 1. The molecule has 2 aliphatic rings. The van der Waals surface area contributed by atoms with Gasteiger partial charge in [-0.05, 0) is 55.9 Å². The topological polar surface area (TPSA) is 48.1 Å². The Kier molecular flexibility index (Phi) is 2.60. The van der Waals surface area contributed by atoms with Crippen LogP contribution in [-0.4, -0.2) is 30.5 Å². The highest BCUT2D eigenvalue weighted by atomic mass is 16.2. The van der Waals surface area contributed by atoms with Crippen molar-refractivity contribution in [2.45, 2.75) is 19.3 Å².